The summed E-state index contributed by atoms with van der Waals surface area (Å²) in [4.78, 5) is 15.7. The molecular formula is C13H21N3O. The van der Waals surface area contributed by atoms with E-state index in [1.54, 1.807) is 6.33 Å². The number of aromatic nitrogens is 2. The molecule has 1 aromatic heterocycles. The van der Waals surface area contributed by atoms with Crippen molar-refractivity contribution in [2.24, 2.45) is 7.05 Å². The molecule has 1 aromatic rings. The molecule has 1 N–H and O–H groups in total. The Labute approximate surface area is 103 Å². The third-order valence-electron chi connectivity index (χ3n) is 2.47. The Bertz CT molecular complexity index is 382. The fraction of sp³-hybridized carbons (Fsp3) is 0.538. The number of rotatable bonds is 7. The number of nitrogens with one attached hydrogen (secondary N) is 1. The Morgan fingerprint density at radius 3 is 2.88 bits per heavy atom. The molecule has 17 heavy (non-hydrogen) atoms. The van der Waals surface area contributed by atoms with E-state index >= 15 is 0 Å². The maximum absolute atomic E-state index is 11.5. The lowest BCUT2D eigenvalue weighted by Gasteiger charge is -2.03. The van der Waals surface area contributed by atoms with E-state index in [2.05, 4.69) is 16.9 Å². The molecule has 0 fully saturated rings. The summed E-state index contributed by atoms with van der Waals surface area (Å²) < 4.78 is 1.91. The van der Waals surface area contributed by atoms with Crippen molar-refractivity contribution in [1.29, 1.82) is 0 Å². The van der Waals surface area contributed by atoms with Gasteiger partial charge in [-0.15, -0.1) is 6.58 Å². The first-order chi connectivity index (χ1) is 8.08. The molecule has 4 heteroatoms. The van der Waals surface area contributed by atoms with Gasteiger partial charge in [0.05, 0.1) is 12.0 Å². The van der Waals surface area contributed by atoms with E-state index in [1.165, 1.54) is 0 Å². The molecule has 0 saturated carbocycles. The van der Waals surface area contributed by atoms with Crippen molar-refractivity contribution in [3.05, 3.63) is 30.4 Å². The van der Waals surface area contributed by atoms with Crippen LogP contribution in [0.3, 0.4) is 0 Å². The minimum absolute atomic E-state index is 0.113. The third kappa shape index (κ3) is 5.90. The number of nitrogens with zero attached hydrogens (tertiary/aromatic N) is 2. The van der Waals surface area contributed by atoms with Crippen molar-refractivity contribution in [2.75, 3.05) is 6.54 Å². The van der Waals surface area contributed by atoms with Gasteiger partial charge in [-0.05, 0) is 19.8 Å². The van der Waals surface area contributed by atoms with Crippen molar-refractivity contribution < 1.29 is 4.79 Å². The van der Waals surface area contributed by atoms with Gasteiger partial charge in [-0.3, -0.25) is 4.79 Å². The van der Waals surface area contributed by atoms with E-state index < -0.39 is 0 Å². The highest BCUT2D eigenvalue weighted by atomic mass is 16.1. The molecule has 0 spiro atoms. The number of hydrogen-bond donors (Lipinski definition) is 1. The molecule has 0 aliphatic rings. The van der Waals surface area contributed by atoms with E-state index in [0.29, 0.717) is 13.0 Å². The first-order valence-corrected chi connectivity index (χ1v) is 5.96. The van der Waals surface area contributed by atoms with Gasteiger partial charge in [-0.25, -0.2) is 4.98 Å². The number of imidazole rings is 1. The summed E-state index contributed by atoms with van der Waals surface area (Å²) in [6.07, 6.45) is 6.90. The predicted octanol–water partition coefficient (Wildman–Crippen LogP) is 1.83. The SMILES string of the molecule is C=C(C)CCCC(=O)NCCc1cn(C)cn1. The lowest BCUT2D eigenvalue weighted by Crippen LogP contribution is -2.25. The number of carbonyl (C=O) groups excluding carboxylic acids is 1. The van der Waals surface area contributed by atoms with Crippen LogP contribution in [-0.2, 0) is 18.3 Å². The maximum atomic E-state index is 11.5. The second-order valence-electron chi connectivity index (χ2n) is 4.44. The van der Waals surface area contributed by atoms with Crippen LogP contribution in [-0.4, -0.2) is 22.0 Å². The molecule has 4 nitrogen and oxygen atoms in total. The Balaban J connectivity index is 2.10. The zero-order valence-electron chi connectivity index (χ0n) is 10.7. The molecule has 0 radical (unpaired) electrons. The van der Waals surface area contributed by atoms with Crippen LogP contribution in [0.4, 0.5) is 0 Å². The Morgan fingerprint density at radius 2 is 2.29 bits per heavy atom. The highest BCUT2D eigenvalue weighted by Gasteiger charge is 2.01. The van der Waals surface area contributed by atoms with Gasteiger partial charge in [-0.2, -0.15) is 0 Å². The summed E-state index contributed by atoms with van der Waals surface area (Å²) in [5.41, 5.74) is 2.14. The number of amides is 1. The highest BCUT2D eigenvalue weighted by Crippen LogP contribution is 2.03. The zero-order valence-corrected chi connectivity index (χ0v) is 10.7. The molecule has 1 amide bonds. The minimum Gasteiger partial charge on any atom is -0.356 e. The van der Waals surface area contributed by atoms with E-state index in [0.717, 1.165) is 30.5 Å². The van der Waals surface area contributed by atoms with Gasteiger partial charge in [0.2, 0.25) is 5.91 Å². The standard InChI is InChI=1S/C13H21N3O/c1-11(2)5-4-6-13(17)14-8-7-12-9-16(3)10-15-12/h9-10H,1,4-8H2,2-3H3,(H,14,17). The smallest absolute Gasteiger partial charge is 0.220 e. The summed E-state index contributed by atoms with van der Waals surface area (Å²) >= 11 is 0. The van der Waals surface area contributed by atoms with Crippen LogP contribution in [0.15, 0.2) is 24.7 Å². The highest BCUT2D eigenvalue weighted by molar-refractivity contribution is 5.75. The van der Waals surface area contributed by atoms with Gasteiger partial charge in [0, 0.05) is 32.6 Å². The zero-order chi connectivity index (χ0) is 12.7. The lowest BCUT2D eigenvalue weighted by molar-refractivity contribution is -0.121. The monoisotopic (exact) mass is 235 g/mol. The Hall–Kier alpha value is -1.58. The normalized spacial score (nSPS) is 10.2. The maximum Gasteiger partial charge on any atom is 0.220 e. The van der Waals surface area contributed by atoms with Crippen LogP contribution in [0.5, 0.6) is 0 Å². The second kappa shape index (κ2) is 6.89. The fourth-order valence-corrected chi connectivity index (χ4v) is 1.57. The van der Waals surface area contributed by atoms with Gasteiger partial charge in [0.15, 0.2) is 0 Å². The molecule has 0 bridgehead atoms. The minimum atomic E-state index is 0.113. The number of hydrogen-bond acceptors (Lipinski definition) is 2. The average Bonchev–Trinajstić information content (AvgIpc) is 2.63. The largest absolute Gasteiger partial charge is 0.356 e. The molecule has 0 saturated heterocycles. The average molecular weight is 235 g/mol. The predicted molar refractivity (Wildman–Crippen MR) is 68.6 cm³/mol. The van der Waals surface area contributed by atoms with Crippen LogP contribution >= 0.6 is 0 Å². The van der Waals surface area contributed by atoms with Crippen LogP contribution in [0.25, 0.3) is 0 Å². The van der Waals surface area contributed by atoms with Crippen LogP contribution in [0, 0.1) is 0 Å². The Morgan fingerprint density at radius 1 is 1.53 bits per heavy atom. The first-order valence-electron chi connectivity index (χ1n) is 5.96. The summed E-state index contributed by atoms with van der Waals surface area (Å²) in [5.74, 6) is 0.113. The van der Waals surface area contributed by atoms with Gasteiger partial charge in [-0.1, -0.05) is 5.57 Å². The van der Waals surface area contributed by atoms with Gasteiger partial charge < -0.3 is 9.88 Å². The van der Waals surface area contributed by atoms with Gasteiger partial charge in [0.25, 0.3) is 0 Å². The topological polar surface area (TPSA) is 46.9 Å². The van der Waals surface area contributed by atoms with Crippen molar-refractivity contribution in [3.63, 3.8) is 0 Å². The molecular weight excluding hydrogens is 214 g/mol. The fourth-order valence-electron chi connectivity index (χ4n) is 1.57. The van der Waals surface area contributed by atoms with Crippen molar-refractivity contribution >= 4 is 5.91 Å². The summed E-state index contributed by atoms with van der Waals surface area (Å²) in [6.45, 7) is 6.45. The lowest BCUT2D eigenvalue weighted by atomic mass is 10.1. The number of carbonyl (C=O) groups is 1. The third-order valence-corrected chi connectivity index (χ3v) is 2.47. The van der Waals surface area contributed by atoms with Crippen molar-refractivity contribution in [2.45, 2.75) is 32.6 Å². The van der Waals surface area contributed by atoms with Crippen LogP contribution < -0.4 is 5.32 Å². The molecule has 0 aliphatic carbocycles. The summed E-state index contributed by atoms with van der Waals surface area (Å²) in [5, 5.41) is 2.90. The van der Waals surface area contributed by atoms with Gasteiger partial charge >= 0.3 is 0 Å². The molecule has 0 aromatic carbocycles. The van der Waals surface area contributed by atoms with Crippen molar-refractivity contribution in [1.82, 2.24) is 14.9 Å². The molecule has 0 aliphatic heterocycles. The van der Waals surface area contributed by atoms with Crippen molar-refractivity contribution in [3.8, 4) is 0 Å². The molecule has 0 atom stereocenters. The summed E-state index contributed by atoms with van der Waals surface area (Å²) in [6, 6.07) is 0. The molecule has 94 valence electrons. The first kappa shape index (κ1) is 13.5. The van der Waals surface area contributed by atoms with Gasteiger partial charge in [0.1, 0.15) is 0 Å². The van der Waals surface area contributed by atoms with Crippen LogP contribution in [0.2, 0.25) is 0 Å². The molecule has 1 heterocycles. The van der Waals surface area contributed by atoms with E-state index in [1.807, 2.05) is 24.7 Å². The van der Waals surface area contributed by atoms with E-state index in [9.17, 15) is 4.79 Å². The van der Waals surface area contributed by atoms with E-state index in [4.69, 9.17) is 0 Å². The molecule has 1 rings (SSSR count). The quantitative estimate of drug-likeness (QED) is 0.733. The van der Waals surface area contributed by atoms with E-state index in [-0.39, 0.29) is 5.91 Å². The molecule has 0 unspecified atom stereocenters. The second-order valence-corrected chi connectivity index (χ2v) is 4.44. The summed E-state index contributed by atoms with van der Waals surface area (Å²) in [7, 11) is 1.94. The van der Waals surface area contributed by atoms with Crippen LogP contribution in [0.1, 0.15) is 31.9 Å². The number of allylic oxidation sites excluding steroid dienone is 1. The number of aryl methyl sites for hydroxylation is 1. The Kier molecular flexibility index (Phi) is 5.46.